The molecule has 0 spiro atoms. The minimum absolute atomic E-state index is 0.286. The lowest BCUT2D eigenvalue weighted by Crippen LogP contribution is -2.22. The Morgan fingerprint density at radius 2 is 2.12 bits per heavy atom. The van der Waals surface area contributed by atoms with Gasteiger partial charge in [-0.15, -0.1) is 0 Å². The van der Waals surface area contributed by atoms with Crippen molar-refractivity contribution < 1.29 is 8.78 Å². The van der Waals surface area contributed by atoms with Gasteiger partial charge in [-0.05, 0) is 62.0 Å². The van der Waals surface area contributed by atoms with Crippen LogP contribution in [0.25, 0.3) is 0 Å². The van der Waals surface area contributed by atoms with E-state index in [-0.39, 0.29) is 11.6 Å². The Hall–Kier alpha value is -0.960. The van der Waals surface area contributed by atoms with E-state index in [4.69, 9.17) is 0 Å². The molecule has 1 unspecified atom stereocenters. The molecular formula is C13H17F2N. The van der Waals surface area contributed by atoms with Crippen LogP contribution < -0.4 is 5.32 Å². The molecular weight excluding hydrogens is 208 g/mol. The van der Waals surface area contributed by atoms with Gasteiger partial charge in [0.05, 0.1) is 0 Å². The molecule has 1 atom stereocenters. The van der Waals surface area contributed by atoms with E-state index in [1.807, 2.05) is 0 Å². The molecule has 3 heteroatoms. The predicted molar refractivity (Wildman–Crippen MR) is 60.3 cm³/mol. The van der Waals surface area contributed by atoms with Gasteiger partial charge in [-0.25, -0.2) is 8.78 Å². The molecule has 0 bridgehead atoms. The normalized spacial score (nSPS) is 21.8. The van der Waals surface area contributed by atoms with Crippen LogP contribution >= 0.6 is 0 Å². The maximum atomic E-state index is 13.4. The standard InChI is InChI=1S/C13H17F2N/c14-12-4-5-13(15)11(8-12)7-10-3-1-2-6-16-9-10/h4-5,8,10,16H,1-3,6-7,9H2. The molecule has 1 aliphatic rings. The van der Waals surface area contributed by atoms with Crippen molar-refractivity contribution in [2.75, 3.05) is 13.1 Å². The molecule has 0 aromatic heterocycles. The van der Waals surface area contributed by atoms with Crippen molar-refractivity contribution in [2.24, 2.45) is 5.92 Å². The fraction of sp³-hybridized carbons (Fsp3) is 0.538. The minimum Gasteiger partial charge on any atom is -0.316 e. The third kappa shape index (κ3) is 3.01. The van der Waals surface area contributed by atoms with Gasteiger partial charge in [-0.3, -0.25) is 0 Å². The second-order valence-electron chi connectivity index (χ2n) is 4.51. The Kier molecular flexibility index (Phi) is 3.88. The molecule has 2 rings (SSSR count). The second kappa shape index (κ2) is 5.39. The minimum atomic E-state index is -0.349. The summed E-state index contributed by atoms with van der Waals surface area (Å²) in [7, 11) is 0. The lowest BCUT2D eigenvalue weighted by atomic mass is 9.95. The van der Waals surface area contributed by atoms with Crippen LogP contribution in [0.15, 0.2) is 18.2 Å². The van der Waals surface area contributed by atoms with Crippen molar-refractivity contribution in [1.29, 1.82) is 0 Å². The summed E-state index contributed by atoms with van der Waals surface area (Å²) in [4.78, 5) is 0. The Balaban J connectivity index is 2.04. The maximum Gasteiger partial charge on any atom is 0.126 e. The van der Waals surface area contributed by atoms with Crippen molar-refractivity contribution in [3.63, 3.8) is 0 Å². The van der Waals surface area contributed by atoms with Crippen LogP contribution in [0, 0.1) is 17.6 Å². The van der Waals surface area contributed by atoms with E-state index in [1.165, 1.54) is 31.0 Å². The summed E-state index contributed by atoms with van der Waals surface area (Å²) in [6, 6.07) is 3.71. The zero-order chi connectivity index (χ0) is 11.4. The molecule has 1 N–H and O–H groups in total. The van der Waals surface area contributed by atoms with Gasteiger partial charge in [-0.2, -0.15) is 0 Å². The number of hydrogen-bond acceptors (Lipinski definition) is 1. The zero-order valence-corrected chi connectivity index (χ0v) is 9.31. The lowest BCUT2D eigenvalue weighted by Gasteiger charge is -2.14. The molecule has 1 saturated heterocycles. The Morgan fingerprint density at radius 1 is 1.25 bits per heavy atom. The summed E-state index contributed by atoms with van der Waals surface area (Å²) in [5.74, 6) is -0.206. The van der Waals surface area contributed by atoms with Crippen LogP contribution in [0.5, 0.6) is 0 Å². The van der Waals surface area contributed by atoms with Crippen LogP contribution in [0.1, 0.15) is 24.8 Å². The fourth-order valence-electron chi connectivity index (χ4n) is 2.28. The van der Waals surface area contributed by atoms with Crippen molar-refractivity contribution in [2.45, 2.75) is 25.7 Å². The summed E-state index contributed by atoms with van der Waals surface area (Å²) in [5.41, 5.74) is 0.508. The number of benzene rings is 1. The summed E-state index contributed by atoms with van der Waals surface area (Å²) in [5, 5.41) is 3.34. The predicted octanol–water partition coefficient (Wildman–Crippen LogP) is 2.90. The van der Waals surface area contributed by atoms with E-state index >= 15 is 0 Å². The highest BCUT2D eigenvalue weighted by molar-refractivity contribution is 5.19. The van der Waals surface area contributed by atoms with E-state index in [0.717, 1.165) is 19.5 Å². The second-order valence-corrected chi connectivity index (χ2v) is 4.51. The van der Waals surface area contributed by atoms with E-state index in [1.54, 1.807) is 0 Å². The first kappa shape index (κ1) is 11.5. The van der Waals surface area contributed by atoms with Gasteiger partial charge in [-0.1, -0.05) is 6.42 Å². The van der Waals surface area contributed by atoms with E-state index in [9.17, 15) is 8.78 Å². The zero-order valence-electron chi connectivity index (χ0n) is 9.31. The molecule has 88 valence electrons. The van der Waals surface area contributed by atoms with E-state index in [0.29, 0.717) is 17.9 Å². The molecule has 0 amide bonds. The van der Waals surface area contributed by atoms with E-state index in [2.05, 4.69) is 5.32 Å². The van der Waals surface area contributed by atoms with Gasteiger partial charge in [0.25, 0.3) is 0 Å². The molecule has 0 aliphatic carbocycles. The maximum absolute atomic E-state index is 13.4. The van der Waals surface area contributed by atoms with Gasteiger partial charge in [0.1, 0.15) is 11.6 Å². The van der Waals surface area contributed by atoms with Gasteiger partial charge >= 0.3 is 0 Å². The number of hydrogen-bond donors (Lipinski definition) is 1. The van der Waals surface area contributed by atoms with Crippen LogP contribution in [0.2, 0.25) is 0 Å². The molecule has 1 heterocycles. The number of halogens is 2. The van der Waals surface area contributed by atoms with Gasteiger partial charge < -0.3 is 5.32 Å². The van der Waals surface area contributed by atoms with Crippen LogP contribution in [-0.2, 0) is 6.42 Å². The molecule has 1 aliphatic heterocycles. The van der Waals surface area contributed by atoms with E-state index < -0.39 is 0 Å². The van der Waals surface area contributed by atoms with Crippen LogP contribution in [-0.4, -0.2) is 13.1 Å². The number of rotatable bonds is 2. The average molecular weight is 225 g/mol. The van der Waals surface area contributed by atoms with Crippen molar-refractivity contribution in [3.8, 4) is 0 Å². The van der Waals surface area contributed by atoms with Crippen molar-refractivity contribution in [1.82, 2.24) is 5.32 Å². The third-order valence-electron chi connectivity index (χ3n) is 3.17. The average Bonchev–Trinajstić information content (AvgIpc) is 2.52. The lowest BCUT2D eigenvalue weighted by molar-refractivity contribution is 0.463. The highest BCUT2D eigenvalue weighted by Crippen LogP contribution is 2.19. The highest BCUT2D eigenvalue weighted by Gasteiger charge is 2.14. The highest BCUT2D eigenvalue weighted by atomic mass is 19.1. The fourth-order valence-corrected chi connectivity index (χ4v) is 2.28. The summed E-state index contributed by atoms with van der Waals surface area (Å²) < 4.78 is 26.4. The third-order valence-corrected chi connectivity index (χ3v) is 3.17. The first-order valence-electron chi connectivity index (χ1n) is 5.90. The first-order chi connectivity index (χ1) is 7.75. The topological polar surface area (TPSA) is 12.0 Å². The quantitative estimate of drug-likeness (QED) is 0.816. The van der Waals surface area contributed by atoms with Crippen LogP contribution in [0.3, 0.4) is 0 Å². The summed E-state index contributed by atoms with van der Waals surface area (Å²) >= 11 is 0. The van der Waals surface area contributed by atoms with Gasteiger partial charge in [0.2, 0.25) is 0 Å². The molecule has 1 aromatic carbocycles. The van der Waals surface area contributed by atoms with Gasteiger partial charge in [0, 0.05) is 0 Å². The van der Waals surface area contributed by atoms with Gasteiger partial charge in [0.15, 0.2) is 0 Å². The Labute approximate surface area is 94.9 Å². The molecule has 16 heavy (non-hydrogen) atoms. The van der Waals surface area contributed by atoms with Crippen LogP contribution in [0.4, 0.5) is 8.78 Å². The SMILES string of the molecule is Fc1ccc(F)c(CC2CCCCNC2)c1. The molecule has 1 fully saturated rings. The Bertz CT molecular complexity index is 344. The molecule has 0 radical (unpaired) electrons. The van der Waals surface area contributed by atoms with Crippen molar-refractivity contribution >= 4 is 0 Å². The monoisotopic (exact) mass is 225 g/mol. The van der Waals surface area contributed by atoms with Crippen molar-refractivity contribution in [3.05, 3.63) is 35.4 Å². The largest absolute Gasteiger partial charge is 0.316 e. The molecule has 0 saturated carbocycles. The number of nitrogens with one attached hydrogen (secondary N) is 1. The molecule has 1 aromatic rings. The first-order valence-corrected chi connectivity index (χ1v) is 5.90. The summed E-state index contributed by atoms with van der Waals surface area (Å²) in [6.07, 6.45) is 4.09. The summed E-state index contributed by atoms with van der Waals surface area (Å²) in [6.45, 7) is 1.96. The molecule has 1 nitrogen and oxygen atoms in total. The smallest absolute Gasteiger partial charge is 0.126 e. The Morgan fingerprint density at radius 3 is 3.00 bits per heavy atom.